The van der Waals surface area contributed by atoms with Crippen molar-refractivity contribution >= 4 is 35.6 Å². The number of anilines is 1. The van der Waals surface area contributed by atoms with E-state index in [0.29, 0.717) is 44.3 Å². The van der Waals surface area contributed by atoms with E-state index in [1.165, 1.54) is 6.07 Å². The highest BCUT2D eigenvalue weighted by molar-refractivity contribution is 5.99. The van der Waals surface area contributed by atoms with Gasteiger partial charge in [-0.2, -0.15) is 0 Å². The van der Waals surface area contributed by atoms with Gasteiger partial charge in [-0.25, -0.2) is 14.6 Å². The van der Waals surface area contributed by atoms with Crippen LogP contribution in [-0.2, 0) is 23.8 Å². The lowest BCUT2D eigenvalue weighted by atomic mass is 10.1. The summed E-state index contributed by atoms with van der Waals surface area (Å²) in [4.78, 5) is 75.3. The monoisotopic (exact) mass is 694 g/mol. The van der Waals surface area contributed by atoms with E-state index in [2.05, 4.69) is 22.5 Å². The van der Waals surface area contributed by atoms with Crippen molar-refractivity contribution in [1.82, 2.24) is 25.0 Å². The largest absolute Gasteiger partial charge is 0.460 e. The Labute approximate surface area is 293 Å². The van der Waals surface area contributed by atoms with Gasteiger partial charge in [-0.05, 0) is 45.7 Å². The van der Waals surface area contributed by atoms with Crippen LogP contribution in [0, 0.1) is 0 Å². The first kappa shape index (κ1) is 38.1. The lowest BCUT2D eigenvalue weighted by Gasteiger charge is -2.36. The molecule has 3 heterocycles. The number of nitrogens with one attached hydrogen (secondary N) is 2. The van der Waals surface area contributed by atoms with Crippen molar-refractivity contribution in [2.75, 3.05) is 64.4 Å². The first-order chi connectivity index (χ1) is 23.9. The normalized spacial score (nSPS) is 15.6. The quantitative estimate of drug-likeness (QED) is 0.244. The topological polar surface area (TPSA) is 160 Å². The molecule has 2 N–H and O–H groups in total. The number of benzene rings is 1. The molecule has 0 saturated carbocycles. The third-order valence-electron chi connectivity index (χ3n) is 8.16. The van der Waals surface area contributed by atoms with Crippen LogP contribution in [0.4, 0.5) is 15.3 Å². The average molecular weight is 695 g/mol. The fourth-order valence-corrected chi connectivity index (χ4v) is 5.52. The summed E-state index contributed by atoms with van der Waals surface area (Å²) in [6.45, 7) is 10.5. The zero-order chi connectivity index (χ0) is 36.1. The average Bonchev–Trinajstić information content (AvgIpc) is 3.11. The summed E-state index contributed by atoms with van der Waals surface area (Å²) in [6.07, 6.45) is 2.25. The van der Waals surface area contributed by atoms with Gasteiger partial charge in [0.15, 0.2) is 0 Å². The molecule has 2 saturated heterocycles. The molecule has 4 rings (SSSR count). The molecule has 272 valence electrons. The fourth-order valence-electron chi connectivity index (χ4n) is 5.52. The highest BCUT2D eigenvalue weighted by Gasteiger charge is 2.32. The van der Waals surface area contributed by atoms with Crippen LogP contribution in [0.5, 0.6) is 0 Å². The number of rotatable bonds is 12. The summed E-state index contributed by atoms with van der Waals surface area (Å²) in [5.41, 5.74) is 0.794. The van der Waals surface area contributed by atoms with Crippen LogP contribution in [-0.4, -0.2) is 120 Å². The molecule has 2 aliphatic rings. The van der Waals surface area contributed by atoms with Crippen molar-refractivity contribution in [2.45, 2.75) is 71.4 Å². The Bertz CT molecular complexity index is 1470. The number of piperazine rings is 1. The number of hydrogen-bond acceptors (Lipinski definition) is 9. The molecule has 5 amide bonds. The van der Waals surface area contributed by atoms with Gasteiger partial charge in [0.05, 0.1) is 25.5 Å². The summed E-state index contributed by atoms with van der Waals surface area (Å²) in [5.74, 6) is -1.54. The second kappa shape index (κ2) is 18.3. The Hall–Kier alpha value is -4.72. The van der Waals surface area contributed by atoms with Gasteiger partial charge in [-0.1, -0.05) is 50.1 Å². The van der Waals surface area contributed by atoms with Crippen LogP contribution in [0.3, 0.4) is 0 Å². The van der Waals surface area contributed by atoms with Gasteiger partial charge < -0.3 is 39.5 Å². The van der Waals surface area contributed by atoms with Gasteiger partial charge in [0.2, 0.25) is 5.91 Å². The van der Waals surface area contributed by atoms with Crippen molar-refractivity contribution in [3.63, 3.8) is 0 Å². The van der Waals surface area contributed by atoms with Gasteiger partial charge in [0, 0.05) is 56.9 Å². The maximum atomic E-state index is 13.9. The maximum absolute atomic E-state index is 13.9. The van der Waals surface area contributed by atoms with Gasteiger partial charge in [0.1, 0.15) is 17.3 Å². The van der Waals surface area contributed by atoms with Gasteiger partial charge in [0.25, 0.3) is 5.91 Å². The zero-order valence-electron chi connectivity index (χ0n) is 29.6. The van der Waals surface area contributed by atoms with E-state index in [1.54, 1.807) is 41.5 Å². The van der Waals surface area contributed by atoms with Crippen molar-refractivity contribution in [3.8, 4) is 11.3 Å². The second-order valence-corrected chi connectivity index (χ2v) is 13.3. The molecule has 0 aliphatic carbocycles. The molecule has 1 aromatic carbocycles. The SMILES string of the molecule is CCCCCOC(=O)N1CCN(C(=O)[C@H](CCC(=O)OC(C)(C)C)NC(=O)c2cc(NC(=O)N3CCOCC3)cc(-c3ccccc3)n2)CC1. The van der Waals surface area contributed by atoms with Gasteiger partial charge in [-0.3, -0.25) is 14.4 Å². The number of aromatic nitrogens is 1. The maximum Gasteiger partial charge on any atom is 0.409 e. The number of pyridine rings is 1. The van der Waals surface area contributed by atoms with Crippen molar-refractivity contribution in [1.29, 1.82) is 0 Å². The summed E-state index contributed by atoms with van der Waals surface area (Å²) >= 11 is 0. The second-order valence-electron chi connectivity index (χ2n) is 13.3. The predicted molar refractivity (Wildman–Crippen MR) is 186 cm³/mol. The molecule has 0 radical (unpaired) electrons. The zero-order valence-corrected chi connectivity index (χ0v) is 29.6. The van der Waals surface area contributed by atoms with E-state index in [4.69, 9.17) is 14.2 Å². The van der Waals surface area contributed by atoms with E-state index < -0.39 is 35.5 Å². The number of carbonyl (C=O) groups is 5. The number of unbranched alkanes of at least 4 members (excludes halogenated alkanes) is 2. The van der Waals surface area contributed by atoms with E-state index >= 15 is 0 Å². The van der Waals surface area contributed by atoms with Crippen molar-refractivity contribution in [3.05, 3.63) is 48.2 Å². The van der Waals surface area contributed by atoms with Crippen LogP contribution in [0.2, 0.25) is 0 Å². The molecule has 2 aliphatic heterocycles. The Balaban J connectivity index is 1.51. The highest BCUT2D eigenvalue weighted by Crippen LogP contribution is 2.23. The standard InChI is InChI=1S/C36H50N6O8/c1-5-6-10-21-49-35(47)42-17-15-40(16-18-42)33(45)28(13-14-31(43)50-36(2,3)4)39-32(44)30-25-27(37-34(46)41-19-22-48-23-20-41)24-29(38-30)26-11-8-7-9-12-26/h7-9,11-12,24-25,28H,5-6,10,13-23H2,1-4H3,(H,39,44)(H,37,38,46)/t28-/m0/s1. The molecule has 0 spiro atoms. The molecular formula is C36H50N6O8. The lowest BCUT2D eigenvalue weighted by Crippen LogP contribution is -2.56. The van der Waals surface area contributed by atoms with Crippen LogP contribution in [0.15, 0.2) is 42.5 Å². The minimum Gasteiger partial charge on any atom is -0.460 e. The van der Waals surface area contributed by atoms with Gasteiger partial charge in [-0.15, -0.1) is 0 Å². The number of urea groups is 1. The van der Waals surface area contributed by atoms with Crippen LogP contribution in [0.1, 0.15) is 70.3 Å². The Morgan fingerprint density at radius 1 is 0.900 bits per heavy atom. The number of carbonyl (C=O) groups excluding carboxylic acids is 5. The van der Waals surface area contributed by atoms with E-state index in [0.717, 1.165) is 24.8 Å². The fraction of sp³-hybridized carbons (Fsp3) is 0.556. The predicted octanol–water partition coefficient (Wildman–Crippen LogP) is 4.30. The highest BCUT2D eigenvalue weighted by atomic mass is 16.6. The summed E-state index contributed by atoms with van der Waals surface area (Å²) in [5, 5.41) is 5.67. The number of hydrogen-bond donors (Lipinski definition) is 2. The first-order valence-corrected chi connectivity index (χ1v) is 17.4. The molecule has 1 aromatic heterocycles. The molecule has 0 bridgehead atoms. The number of amides is 5. The Morgan fingerprint density at radius 3 is 2.24 bits per heavy atom. The third kappa shape index (κ3) is 11.7. The number of morpholine rings is 1. The van der Waals surface area contributed by atoms with Crippen molar-refractivity contribution < 1.29 is 38.2 Å². The molecule has 2 aromatic rings. The molecule has 2 fully saturated rings. The summed E-state index contributed by atoms with van der Waals surface area (Å²) < 4.78 is 16.2. The van der Waals surface area contributed by atoms with Crippen LogP contribution >= 0.6 is 0 Å². The molecule has 1 atom stereocenters. The number of esters is 1. The molecular weight excluding hydrogens is 644 g/mol. The smallest absolute Gasteiger partial charge is 0.409 e. The lowest BCUT2D eigenvalue weighted by molar-refractivity contribution is -0.155. The van der Waals surface area contributed by atoms with E-state index in [-0.39, 0.29) is 50.7 Å². The molecule has 0 unspecified atom stereocenters. The molecule has 50 heavy (non-hydrogen) atoms. The minimum atomic E-state index is -1.09. The minimum absolute atomic E-state index is 0.0157. The van der Waals surface area contributed by atoms with Crippen LogP contribution < -0.4 is 10.6 Å². The number of ether oxygens (including phenoxy) is 3. The summed E-state index contributed by atoms with van der Waals surface area (Å²) in [6, 6.07) is 10.9. The van der Waals surface area contributed by atoms with E-state index in [1.807, 2.05) is 30.3 Å². The third-order valence-corrected chi connectivity index (χ3v) is 8.16. The molecule has 14 heteroatoms. The first-order valence-electron chi connectivity index (χ1n) is 17.4. The molecule has 14 nitrogen and oxygen atoms in total. The number of nitrogens with zero attached hydrogens (tertiary/aromatic N) is 4. The Morgan fingerprint density at radius 2 is 1.58 bits per heavy atom. The van der Waals surface area contributed by atoms with Crippen molar-refractivity contribution in [2.24, 2.45) is 0 Å². The van der Waals surface area contributed by atoms with Crippen LogP contribution in [0.25, 0.3) is 11.3 Å². The van der Waals surface area contributed by atoms with Gasteiger partial charge >= 0.3 is 18.1 Å². The summed E-state index contributed by atoms with van der Waals surface area (Å²) in [7, 11) is 0. The Kier molecular flexibility index (Phi) is 14.0. The van der Waals surface area contributed by atoms with E-state index in [9.17, 15) is 24.0 Å².